The van der Waals surface area contributed by atoms with E-state index in [1.807, 2.05) is 0 Å². The minimum Gasteiger partial charge on any atom is -0.369 e. The molecular weight excluding hydrogens is 126 g/mol. The summed E-state index contributed by atoms with van der Waals surface area (Å²) >= 11 is 0. The molecule has 0 spiro atoms. The van der Waals surface area contributed by atoms with E-state index in [0.717, 1.165) is 12.3 Å². The van der Waals surface area contributed by atoms with Gasteiger partial charge in [-0.25, -0.2) is 0 Å². The first kappa shape index (κ1) is 6.20. The highest BCUT2D eigenvalue weighted by Gasteiger charge is 2.41. The number of primary amides is 1. The number of hydrogen-bond donors (Lipinski definition) is 1. The molecule has 0 aliphatic heterocycles. The molecule has 3 atom stereocenters. The van der Waals surface area contributed by atoms with Gasteiger partial charge in [0.25, 0.3) is 0 Å². The minimum absolute atomic E-state index is 0.0628. The average molecular weight is 139 g/mol. The van der Waals surface area contributed by atoms with Gasteiger partial charge in [0.2, 0.25) is 5.91 Å². The van der Waals surface area contributed by atoms with Crippen molar-refractivity contribution >= 4 is 5.91 Å². The first-order chi connectivity index (χ1) is 4.77. The van der Waals surface area contributed by atoms with E-state index in [1.165, 1.54) is 19.3 Å². The third-order valence-electron chi connectivity index (χ3n) is 3.10. The van der Waals surface area contributed by atoms with Crippen molar-refractivity contribution in [3.63, 3.8) is 0 Å². The highest BCUT2D eigenvalue weighted by molar-refractivity contribution is 5.77. The summed E-state index contributed by atoms with van der Waals surface area (Å²) in [7, 11) is 0. The Morgan fingerprint density at radius 3 is 2.40 bits per heavy atom. The molecule has 2 fully saturated rings. The van der Waals surface area contributed by atoms with Gasteiger partial charge in [0.15, 0.2) is 0 Å². The molecule has 0 aromatic rings. The highest BCUT2D eigenvalue weighted by Crippen LogP contribution is 2.47. The largest absolute Gasteiger partial charge is 0.369 e. The third-order valence-corrected chi connectivity index (χ3v) is 3.10. The Balaban J connectivity index is 2.08. The van der Waals surface area contributed by atoms with Gasteiger partial charge < -0.3 is 5.73 Å². The smallest absolute Gasteiger partial charge is 0.220 e. The Hall–Kier alpha value is -0.530. The molecule has 2 aliphatic rings. The molecule has 0 aromatic carbocycles. The van der Waals surface area contributed by atoms with Gasteiger partial charge in [-0.2, -0.15) is 0 Å². The Kier molecular flexibility index (Phi) is 1.22. The normalized spacial score (nSPS) is 44.2. The molecule has 56 valence electrons. The summed E-state index contributed by atoms with van der Waals surface area (Å²) in [6.07, 6.45) is 4.94. The van der Waals surface area contributed by atoms with Crippen molar-refractivity contribution in [1.82, 2.24) is 0 Å². The summed E-state index contributed by atoms with van der Waals surface area (Å²) in [5, 5.41) is 0. The van der Waals surface area contributed by atoms with Crippen LogP contribution in [-0.4, -0.2) is 5.91 Å². The zero-order chi connectivity index (χ0) is 7.14. The summed E-state index contributed by atoms with van der Waals surface area (Å²) in [5.41, 5.74) is 5.25. The molecule has 2 bridgehead atoms. The Morgan fingerprint density at radius 2 is 2.10 bits per heavy atom. The van der Waals surface area contributed by atoms with Crippen LogP contribution >= 0.6 is 0 Å². The van der Waals surface area contributed by atoms with Crippen molar-refractivity contribution in [3.8, 4) is 0 Å². The highest BCUT2D eigenvalue weighted by atomic mass is 16.1. The van der Waals surface area contributed by atoms with E-state index in [2.05, 4.69) is 0 Å². The standard InChI is InChI=1S/C8H13NO/c9-8(10)7-4-5-1-2-6(7)3-5/h5-7H,1-4H2,(H2,9,10)/t5-,6+,7+/m1/s1. The SMILES string of the molecule is NC(=O)[C@H]1C[C@@H]2CC[C@H]1C2. The first-order valence-electron chi connectivity index (χ1n) is 4.06. The summed E-state index contributed by atoms with van der Waals surface area (Å²) in [5.74, 6) is 1.66. The van der Waals surface area contributed by atoms with Gasteiger partial charge >= 0.3 is 0 Å². The van der Waals surface area contributed by atoms with Gasteiger partial charge in [-0.3, -0.25) is 4.79 Å². The van der Waals surface area contributed by atoms with E-state index >= 15 is 0 Å². The molecule has 2 aliphatic carbocycles. The number of amides is 1. The fourth-order valence-corrected chi connectivity index (χ4v) is 2.59. The van der Waals surface area contributed by atoms with Crippen molar-refractivity contribution < 1.29 is 4.79 Å². The maximum absolute atomic E-state index is 10.8. The lowest BCUT2D eigenvalue weighted by molar-refractivity contribution is -0.123. The molecule has 2 nitrogen and oxygen atoms in total. The van der Waals surface area contributed by atoms with Gasteiger partial charge in [0.05, 0.1) is 0 Å². The summed E-state index contributed by atoms with van der Waals surface area (Å²) < 4.78 is 0. The van der Waals surface area contributed by atoms with Gasteiger partial charge in [0, 0.05) is 5.92 Å². The van der Waals surface area contributed by atoms with Crippen LogP contribution in [0.1, 0.15) is 25.7 Å². The monoisotopic (exact) mass is 139 g/mol. The summed E-state index contributed by atoms with van der Waals surface area (Å²) in [6, 6.07) is 0. The average Bonchev–Trinajstić information content (AvgIpc) is 2.44. The Labute approximate surface area is 60.8 Å². The molecule has 0 heterocycles. The van der Waals surface area contributed by atoms with Crippen LogP contribution < -0.4 is 5.73 Å². The fraction of sp³-hybridized carbons (Fsp3) is 0.875. The van der Waals surface area contributed by atoms with Crippen LogP contribution in [0.25, 0.3) is 0 Å². The second-order valence-corrected chi connectivity index (χ2v) is 3.68. The molecule has 2 saturated carbocycles. The zero-order valence-electron chi connectivity index (χ0n) is 6.05. The van der Waals surface area contributed by atoms with E-state index in [0.29, 0.717) is 5.92 Å². The fourth-order valence-electron chi connectivity index (χ4n) is 2.59. The van der Waals surface area contributed by atoms with Crippen LogP contribution in [0.4, 0.5) is 0 Å². The van der Waals surface area contributed by atoms with Crippen LogP contribution in [0.3, 0.4) is 0 Å². The number of nitrogens with two attached hydrogens (primary N) is 1. The Morgan fingerprint density at radius 1 is 1.30 bits per heavy atom. The van der Waals surface area contributed by atoms with Crippen molar-refractivity contribution in [2.75, 3.05) is 0 Å². The zero-order valence-corrected chi connectivity index (χ0v) is 6.05. The number of rotatable bonds is 1. The van der Waals surface area contributed by atoms with E-state index in [4.69, 9.17) is 5.73 Å². The third kappa shape index (κ3) is 0.746. The van der Waals surface area contributed by atoms with E-state index in [9.17, 15) is 4.79 Å². The van der Waals surface area contributed by atoms with Crippen LogP contribution in [0, 0.1) is 17.8 Å². The second kappa shape index (κ2) is 1.97. The summed E-state index contributed by atoms with van der Waals surface area (Å²) in [6.45, 7) is 0. The molecule has 10 heavy (non-hydrogen) atoms. The predicted octanol–water partition coefficient (Wildman–Crippen LogP) is 0.908. The van der Waals surface area contributed by atoms with Crippen molar-refractivity contribution in [2.24, 2.45) is 23.5 Å². The van der Waals surface area contributed by atoms with Crippen LogP contribution in [0.15, 0.2) is 0 Å². The second-order valence-electron chi connectivity index (χ2n) is 3.68. The lowest BCUT2D eigenvalue weighted by atomic mass is 9.88. The number of fused-ring (bicyclic) bond motifs is 2. The first-order valence-corrected chi connectivity index (χ1v) is 4.06. The van der Waals surface area contributed by atoms with Gasteiger partial charge in [-0.1, -0.05) is 6.42 Å². The minimum atomic E-state index is -0.0628. The van der Waals surface area contributed by atoms with Crippen molar-refractivity contribution in [1.29, 1.82) is 0 Å². The molecule has 2 N–H and O–H groups in total. The Bertz CT molecular complexity index is 167. The molecule has 1 amide bonds. The van der Waals surface area contributed by atoms with E-state index < -0.39 is 0 Å². The van der Waals surface area contributed by atoms with Gasteiger partial charge in [-0.15, -0.1) is 0 Å². The maximum atomic E-state index is 10.8. The molecule has 0 radical (unpaired) electrons. The summed E-state index contributed by atoms with van der Waals surface area (Å²) in [4.78, 5) is 10.8. The van der Waals surface area contributed by atoms with Gasteiger partial charge in [0.1, 0.15) is 0 Å². The predicted molar refractivity (Wildman–Crippen MR) is 38.1 cm³/mol. The molecule has 0 aromatic heterocycles. The number of carbonyl (C=O) groups is 1. The molecule has 2 rings (SSSR count). The molecular formula is C8H13NO. The van der Waals surface area contributed by atoms with Crippen LogP contribution in [0.2, 0.25) is 0 Å². The van der Waals surface area contributed by atoms with Crippen LogP contribution in [-0.2, 0) is 4.79 Å². The van der Waals surface area contributed by atoms with Crippen molar-refractivity contribution in [2.45, 2.75) is 25.7 Å². The molecule has 2 heteroatoms. The van der Waals surface area contributed by atoms with Gasteiger partial charge in [-0.05, 0) is 31.1 Å². The number of carbonyl (C=O) groups excluding carboxylic acids is 1. The lowest BCUT2D eigenvalue weighted by Crippen LogP contribution is -2.27. The molecule has 0 saturated heterocycles. The number of hydrogen-bond acceptors (Lipinski definition) is 1. The molecule has 0 unspecified atom stereocenters. The van der Waals surface area contributed by atoms with E-state index in [1.54, 1.807) is 0 Å². The van der Waals surface area contributed by atoms with E-state index in [-0.39, 0.29) is 11.8 Å². The maximum Gasteiger partial charge on any atom is 0.220 e. The quantitative estimate of drug-likeness (QED) is 0.576. The lowest BCUT2D eigenvalue weighted by Gasteiger charge is -2.17. The topological polar surface area (TPSA) is 43.1 Å². The van der Waals surface area contributed by atoms with Crippen molar-refractivity contribution in [3.05, 3.63) is 0 Å². The van der Waals surface area contributed by atoms with Crippen LogP contribution in [0.5, 0.6) is 0 Å².